The van der Waals surface area contributed by atoms with Crippen molar-refractivity contribution in [3.05, 3.63) is 77.6 Å². The monoisotopic (exact) mass is 432 g/mol. The average molecular weight is 433 g/mol. The van der Waals surface area contributed by atoms with Gasteiger partial charge < -0.3 is 24.8 Å². The van der Waals surface area contributed by atoms with Gasteiger partial charge in [0.25, 0.3) is 0 Å². The minimum absolute atomic E-state index is 0.0429. The second kappa shape index (κ2) is 9.22. The number of hydrogen-bond acceptors (Lipinski definition) is 7. The number of fused-ring (bicyclic) bond motifs is 1. The third kappa shape index (κ3) is 4.45. The maximum Gasteiger partial charge on any atom is 0.181 e. The van der Waals surface area contributed by atoms with Gasteiger partial charge in [0, 0.05) is 53.0 Å². The van der Waals surface area contributed by atoms with E-state index in [1.54, 1.807) is 0 Å². The van der Waals surface area contributed by atoms with Crippen LogP contribution in [-0.4, -0.2) is 78.7 Å². The highest BCUT2D eigenvalue weighted by Gasteiger charge is 2.38. The molecule has 7 heteroatoms. The molecule has 7 nitrogen and oxygen atoms in total. The van der Waals surface area contributed by atoms with Gasteiger partial charge in [0.2, 0.25) is 0 Å². The van der Waals surface area contributed by atoms with Gasteiger partial charge in [0.1, 0.15) is 12.4 Å². The van der Waals surface area contributed by atoms with E-state index in [9.17, 15) is 0 Å². The summed E-state index contributed by atoms with van der Waals surface area (Å²) in [7, 11) is 4.25. The maximum absolute atomic E-state index is 5.97. The summed E-state index contributed by atoms with van der Waals surface area (Å²) in [6, 6.07) is 18.8. The van der Waals surface area contributed by atoms with Gasteiger partial charge in [0.05, 0.1) is 12.4 Å². The van der Waals surface area contributed by atoms with Gasteiger partial charge in [-0.1, -0.05) is 42.5 Å². The fraction of sp³-hybridized carbons (Fsp3) is 0.400. The van der Waals surface area contributed by atoms with Crippen molar-refractivity contribution in [3.8, 4) is 5.75 Å². The summed E-state index contributed by atoms with van der Waals surface area (Å²) >= 11 is 0. The molecule has 5 rings (SSSR count). The van der Waals surface area contributed by atoms with Crippen LogP contribution in [0, 0.1) is 0 Å². The number of amidine groups is 1. The van der Waals surface area contributed by atoms with E-state index in [4.69, 9.17) is 9.73 Å². The zero-order valence-electron chi connectivity index (χ0n) is 18.9. The fourth-order valence-corrected chi connectivity index (χ4v) is 4.56. The number of likely N-dealkylation sites (N-methyl/N-ethyl adjacent to an activating group) is 1. The topological polar surface area (TPSA) is 46.6 Å². The summed E-state index contributed by atoms with van der Waals surface area (Å²) in [5, 5.41) is 3.46. The van der Waals surface area contributed by atoms with Crippen LogP contribution in [0.3, 0.4) is 0 Å². The molecule has 0 amide bonds. The smallest absolute Gasteiger partial charge is 0.181 e. The molecule has 1 N–H and O–H groups in total. The van der Waals surface area contributed by atoms with Crippen molar-refractivity contribution in [3.63, 3.8) is 0 Å². The molecular weight excluding hydrogens is 400 g/mol. The highest BCUT2D eigenvalue weighted by atomic mass is 16.5. The van der Waals surface area contributed by atoms with E-state index in [1.165, 1.54) is 16.8 Å². The van der Waals surface area contributed by atoms with E-state index in [-0.39, 0.29) is 6.29 Å². The molecule has 1 saturated heterocycles. The SMILES string of the molecule is CN1C=C2C(=NC(N3CCNCC3)N2Cc2ccc(OCc3ccccc3)cc2)N(C)C1. The predicted molar refractivity (Wildman–Crippen MR) is 127 cm³/mol. The van der Waals surface area contributed by atoms with Crippen LogP contribution in [0.25, 0.3) is 0 Å². The Labute approximate surface area is 190 Å². The van der Waals surface area contributed by atoms with Crippen LogP contribution >= 0.6 is 0 Å². The van der Waals surface area contributed by atoms with Crippen molar-refractivity contribution in [1.82, 2.24) is 24.9 Å². The molecule has 3 aliphatic rings. The first-order valence-electron chi connectivity index (χ1n) is 11.4. The predicted octanol–water partition coefficient (Wildman–Crippen LogP) is 2.34. The van der Waals surface area contributed by atoms with Crippen LogP contribution in [0.4, 0.5) is 0 Å². The average Bonchev–Trinajstić information content (AvgIpc) is 3.18. The molecule has 1 unspecified atom stereocenters. The van der Waals surface area contributed by atoms with Crippen LogP contribution in [-0.2, 0) is 13.2 Å². The molecule has 0 saturated carbocycles. The third-order valence-electron chi connectivity index (χ3n) is 6.20. The molecule has 2 aromatic carbocycles. The molecule has 1 atom stereocenters. The number of aliphatic imine (C=N–C) groups is 1. The Balaban J connectivity index is 1.31. The number of hydrogen-bond donors (Lipinski definition) is 1. The summed E-state index contributed by atoms with van der Waals surface area (Å²) in [6.07, 6.45) is 2.28. The maximum atomic E-state index is 5.97. The second-order valence-electron chi connectivity index (χ2n) is 8.74. The van der Waals surface area contributed by atoms with Crippen molar-refractivity contribution in [2.45, 2.75) is 19.4 Å². The Morgan fingerprint density at radius 1 is 0.969 bits per heavy atom. The zero-order valence-corrected chi connectivity index (χ0v) is 18.9. The quantitative estimate of drug-likeness (QED) is 0.756. The van der Waals surface area contributed by atoms with Gasteiger partial charge in [-0.15, -0.1) is 0 Å². The van der Waals surface area contributed by atoms with Gasteiger partial charge in [-0.25, -0.2) is 4.99 Å². The Morgan fingerprint density at radius 3 is 2.47 bits per heavy atom. The van der Waals surface area contributed by atoms with Crippen molar-refractivity contribution in [1.29, 1.82) is 0 Å². The van der Waals surface area contributed by atoms with E-state index in [2.05, 4.69) is 81.6 Å². The van der Waals surface area contributed by atoms with E-state index < -0.39 is 0 Å². The summed E-state index contributed by atoms with van der Waals surface area (Å²) in [4.78, 5) is 14.5. The molecule has 2 aromatic rings. The summed E-state index contributed by atoms with van der Waals surface area (Å²) in [6.45, 7) is 6.30. The van der Waals surface area contributed by atoms with E-state index in [0.717, 1.165) is 51.0 Å². The molecule has 0 radical (unpaired) electrons. The Bertz CT molecular complexity index is 968. The number of piperazine rings is 1. The molecule has 0 aromatic heterocycles. The number of nitrogens with one attached hydrogen (secondary N) is 1. The molecule has 3 aliphatic heterocycles. The minimum Gasteiger partial charge on any atom is -0.489 e. The van der Waals surface area contributed by atoms with Crippen molar-refractivity contribution >= 4 is 5.84 Å². The van der Waals surface area contributed by atoms with Crippen molar-refractivity contribution in [2.24, 2.45) is 4.99 Å². The number of ether oxygens (including phenoxy) is 1. The lowest BCUT2D eigenvalue weighted by Crippen LogP contribution is -2.52. The standard InChI is InChI=1S/C25H32N6O/c1-28-17-23-24(29(2)19-28)27-25(30-14-12-26-13-15-30)31(23)16-20-8-10-22(11-9-20)32-18-21-6-4-3-5-7-21/h3-11,17,25-26H,12-16,18-19H2,1-2H3. The molecule has 32 heavy (non-hydrogen) atoms. The van der Waals surface area contributed by atoms with E-state index in [1.807, 2.05) is 18.2 Å². The van der Waals surface area contributed by atoms with Crippen molar-refractivity contribution in [2.75, 3.05) is 46.9 Å². The first-order chi connectivity index (χ1) is 15.7. The first kappa shape index (κ1) is 20.8. The lowest BCUT2D eigenvalue weighted by molar-refractivity contribution is 0.0701. The summed E-state index contributed by atoms with van der Waals surface area (Å²) < 4.78 is 5.97. The van der Waals surface area contributed by atoms with E-state index >= 15 is 0 Å². The van der Waals surface area contributed by atoms with Gasteiger partial charge in [0.15, 0.2) is 12.1 Å². The highest BCUT2D eigenvalue weighted by Crippen LogP contribution is 2.30. The fourth-order valence-electron chi connectivity index (χ4n) is 4.56. The second-order valence-corrected chi connectivity index (χ2v) is 8.74. The molecule has 0 bridgehead atoms. The molecule has 168 valence electrons. The van der Waals surface area contributed by atoms with Gasteiger partial charge in [-0.2, -0.15) is 0 Å². The minimum atomic E-state index is 0.0429. The molecule has 0 spiro atoms. The lowest BCUT2D eigenvalue weighted by atomic mass is 10.2. The van der Waals surface area contributed by atoms with Crippen LogP contribution in [0.1, 0.15) is 11.1 Å². The van der Waals surface area contributed by atoms with Crippen LogP contribution < -0.4 is 10.1 Å². The number of nitrogens with zero attached hydrogens (tertiary/aromatic N) is 5. The van der Waals surface area contributed by atoms with Crippen molar-refractivity contribution < 1.29 is 4.74 Å². The van der Waals surface area contributed by atoms with Crippen LogP contribution in [0.5, 0.6) is 5.75 Å². The molecular formula is C25H32N6O. The number of benzene rings is 2. The largest absolute Gasteiger partial charge is 0.489 e. The van der Waals surface area contributed by atoms with Crippen LogP contribution in [0.15, 0.2) is 71.5 Å². The summed E-state index contributed by atoms with van der Waals surface area (Å²) in [5.74, 6) is 1.99. The summed E-state index contributed by atoms with van der Waals surface area (Å²) in [5.41, 5.74) is 3.63. The normalized spacial score (nSPS) is 21.3. The first-order valence-corrected chi connectivity index (χ1v) is 11.4. The molecule has 1 fully saturated rings. The Morgan fingerprint density at radius 2 is 1.72 bits per heavy atom. The Kier molecular flexibility index (Phi) is 6.01. The number of rotatable bonds is 6. The molecule has 3 heterocycles. The Hall–Kier alpha value is -3.03. The molecule has 0 aliphatic carbocycles. The zero-order chi connectivity index (χ0) is 21.9. The van der Waals surface area contributed by atoms with Gasteiger partial charge >= 0.3 is 0 Å². The van der Waals surface area contributed by atoms with Gasteiger partial charge in [-0.05, 0) is 23.3 Å². The highest BCUT2D eigenvalue weighted by molar-refractivity contribution is 5.99. The third-order valence-corrected chi connectivity index (χ3v) is 6.20. The van der Waals surface area contributed by atoms with Crippen LogP contribution in [0.2, 0.25) is 0 Å². The van der Waals surface area contributed by atoms with Gasteiger partial charge in [-0.3, -0.25) is 4.90 Å². The van der Waals surface area contributed by atoms with E-state index in [0.29, 0.717) is 6.61 Å². The lowest BCUT2D eigenvalue weighted by Gasteiger charge is -2.38.